The molecule has 2 fully saturated rings. The molecule has 5 rings (SSSR count). The molecule has 2 atom stereocenters. The molecule has 2 aliphatic rings. The van der Waals surface area contributed by atoms with E-state index in [1.165, 1.54) is 10.6 Å². The molecule has 3 amide bonds. The highest BCUT2D eigenvalue weighted by atomic mass is 19.1. The molecule has 2 aliphatic carbocycles. The van der Waals surface area contributed by atoms with E-state index in [4.69, 9.17) is 0 Å². The van der Waals surface area contributed by atoms with Crippen LogP contribution in [0.3, 0.4) is 0 Å². The molecular formula is C31H39FN6O4. The van der Waals surface area contributed by atoms with Gasteiger partial charge in [-0.05, 0) is 81.8 Å². The summed E-state index contributed by atoms with van der Waals surface area (Å²) in [6, 6.07) is 8.08. The largest absolute Gasteiger partial charge is 0.375 e. The van der Waals surface area contributed by atoms with Crippen molar-refractivity contribution in [3.05, 3.63) is 68.6 Å². The summed E-state index contributed by atoms with van der Waals surface area (Å²) >= 11 is 0. The van der Waals surface area contributed by atoms with E-state index in [1.54, 1.807) is 53.9 Å². The fourth-order valence-corrected chi connectivity index (χ4v) is 5.75. The molecule has 0 radical (unpaired) electrons. The van der Waals surface area contributed by atoms with E-state index in [-0.39, 0.29) is 35.3 Å². The zero-order valence-electron chi connectivity index (χ0n) is 24.6. The third kappa shape index (κ3) is 6.19. The molecular weight excluding hydrogens is 539 g/mol. The lowest BCUT2D eigenvalue weighted by Crippen LogP contribution is -2.54. The molecule has 10 nitrogen and oxygen atoms in total. The Morgan fingerprint density at radius 1 is 0.976 bits per heavy atom. The smallest absolute Gasteiger partial charge is 0.331 e. The van der Waals surface area contributed by atoms with Crippen molar-refractivity contribution in [3.63, 3.8) is 0 Å². The first-order valence-electron chi connectivity index (χ1n) is 14.7. The van der Waals surface area contributed by atoms with Crippen LogP contribution in [-0.2, 0) is 6.54 Å². The third-order valence-corrected chi connectivity index (χ3v) is 8.17. The number of hydrogen-bond acceptors (Lipinski definition) is 5. The molecule has 42 heavy (non-hydrogen) atoms. The van der Waals surface area contributed by atoms with Gasteiger partial charge in [-0.3, -0.25) is 18.7 Å². The van der Waals surface area contributed by atoms with Gasteiger partial charge in [0.25, 0.3) is 11.5 Å². The van der Waals surface area contributed by atoms with Crippen LogP contribution < -0.4 is 32.1 Å². The van der Waals surface area contributed by atoms with Gasteiger partial charge in [-0.25, -0.2) is 14.0 Å². The fourth-order valence-electron chi connectivity index (χ4n) is 5.75. The number of nitrogens with zero attached hydrogens (tertiary/aromatic N) is 3. The van der Waals surface area contributed by atoms with Gasteiger partial charge in [0, 0.05) is 44.0 Å². The number of urea groups is 1. The zero-order valence-corrected chi connectivity index (χ0v) is 24.6. The number of nitrogens with one attached hydrogen (secondary N) is 3. The van der Waals surface area contributed by atoms with Crippen LogP contribution in [0.2, 0.25) is 0 Å². The van der Waals surface area contributed by atoms with Gasteiger partial charge >= 0.3 is 11.7 Å². The summed E-state index contributed by atoms with van der Waals surface area (Å²) in [7, 11) is 3.48. The first kappa shape index (κ1) is 29.3. The first-order chi connectivity index (χ1) is 20.0. The number of hydrogen-bond donors (Lipinski definition) is 3. The Labute approximate surface area is 243 Å². The molecule has 224 valence electrons. The minimum Gasteiger partial charge on any atom is -0.375 e. The maximum absolute atomic E-state index is 14.4. The van der Waals surface area contributed by atoms with Crippen LogP contribution in [0.4, 0.5) is 20.6 Å². The average molecular weight is 579 g/mol. The monoisotopic (exact) mass is 578 g/mol. The number of halogens is 1. The molecule has 1 aromatic heterocycles. The lowest BCUT2D eigenvalue weighted by Gasteiger charge is -2.33. The SMILES string of the molecule is CC(C)n1c(=O)n(CC2CC2)c(=O)c2cc(C(=O)N[C@@H]3CCCC[C@H]3NC(=O)Nc3ccc(N(C)C)c(F)c3)ccc21. The minimum atomic E-state index is -0.480. The predicted octanol–water partition coefficient (Wildman–Crippen LogP) is 4.22. The molecule has 1 heterocycles. The lowest BCUT2D eigenvalue weighted by molar-refractivity contribution is 0.0916. The van der Waals surface area contributed by atoms with Gasteiger partial charge < -0.3 is 20.9 Å². The van der Waals surface area contributed by atoms with Crippen LogP contribution in [0.1, 0.15) is 68.8 Å². The highest BCUT2D eigenvalue weighted by Gasteiger charge is 2.29. The summed E-state index contributed by atoms with van der Waals surface area (Å²) < 4.78 is 17.3. The Morgan fingerprint density at radius 3 is 2.29 bits per heavy atom. The molecule has 0 bridgehead atoms. The summed E-state index contributed by atoms with van der Waals surface area (Å²) in [6.45, 7) is 4.19. The Kier molecular flexibility index (Phi) is 8.38. The van der Waals surface area contributed by atoms with E-state index in [0.717, 1.165) is 25.7 Å². The van der Waals surface area contributed by atoms with Gasteiger partial charge in [-0.1, -0.05) is 12.8 Å². The topological polar surface area (TPSA) is 117 Å². The lowest BCUT2D eigenvalue weighted by atomic mass is 9.90. The van der Waals surface area contributed by atoms with Crippen molar-refractivity contribution in [1.82, 2.24) is 19.8 Å². The number of carbonyl (C=O) groups excluding carboxylic acids is 2. The van der Waals surface area contributed by atoms with Crippen LogP contribution in [0.25, 0.3) is 10.9 Å². The maximum atomic E-state index is 14.4. The highest BCUT2D eigenvalue weighted by molar-refractivity contribution is 5.98. The van der Waals surface area contributed by atoms with Gasteiger partial charge in [-0.2, -0.15) is 0 Å². The van der Waals surface area contributed by atoms with Gasteiger partial charge in [0.05, 0.1) is 22.6 Å². The molecule has 0 aliphatic heterocycles. The van der Waals surface area contributed by atoms with Gasteiger partial charge in [0.15, 0.2) is 0 Å². The van der Waals surface area contributed by atoms with Crippen molar-refractivity contribution in [3.8, 4) is 0 Å². The highest BCUT2D eigenvalue weighted by Crippen LogP contribution is 2.30. The second-order valence-electron chi connectivity index (χ2n) is 12.0. The van der Waals surface area contributed by atoms with Crippen LogP contribution in [0, 0.1) is 11.7 Å². The molecule has 2 aromatic carbocycles. The summed E-state index contributed by atoms with van der Waals surface area (Å²) in [5.74, 6) is -0.460. The summed E-state index contributed by atoms with van der Waals surface area (Å²) in [5, 5.41) is 9.01. The van der Waals surface area contributed by atoms with Crippen molar-refractivity contribution in [2.24, 2.45) is 5.92 Å². The van der Waals surface area contributed by atoms with Crippen molar-refractivity contribution >= 4 is 34.2 Å². The van der Waals surface area contributed by atoms with Crippen LogP contribution in [0.15, 0.2) is 46.0 Å². The van der Waals surface area contributed by atoms with Crippen LogP contribution in [-0.4, -0.2) is 47.3 Å². The molecule has 2 saturated carbocycles. The Morgan fingerprint density at radius 2 is 1.67 bits per heavy atom. The summed E-state index contributed by atoms with van der Waals surface area (Å²) in [4.78, 5) is 54.4. The molecule has 11 heteroatoms. The van der Waals surface area contributed by atoms with Gasteiger partial charge in [-0.15, -0.1) is 0 Å². The normalized spacial score (nSPS) is 18.6. The summed E-state index contributed by atoms with van der Waals surface area (Å²) in [5.41, 5.74) is 0.869. The summed E-state index contributed by atoms with van der Waals surface area (Å²) in [6.07, 6.45) is 5.15. The average Bonchev–Trinajstić information content (AvgIpc) is 3.76. The van der Waals surface area contributed by atoms with Crippen molar-refractivity contribution in [2.75, 3.05) is 24.3 Å². The van der Waals surface area contributed by atoms with E-state index in [2.05, 4.69) is 16.0 Å². The molecule has 0 unspecified atom stereocenters. The fraction of sp³-hybridized carbons (Fsp3) is 0.484. The van der Waals surface area contributed by atoms with Crippen molar-refractivity contribution in [1.29, 1.82) is 0 Å². The number of fused-ring (bicyclic) bond motifs is 1. The second-order valence-corrected chi connectivity index (χ2v) is 12.0. The van der Waals surface area contributed by atoms with E-state index in [0.29, 0.717) is 53.1 Å². The Balaban J connectivity index is 1.33. The Bertz CT molecular complexity index is 1620. The van der Waals surface area contributed by atoms with E-state index >= 15 is 0 Å². The van der Waals surface area contributed by atoms with Gasteiger partial charge in [0.1, 0.15) is 5.82 Å². The third-order valence-electron chi connectivity index (χ3n) is 8.17. The van der Waals surface area contributed by atoms with E-state index in [1.807, 2.05) is 13.8 Å². The minimum absolute atomic E-state index is 0.159. The quantitative estimate of drug-likeness (QED) is 0.370. The van der Waals surface area contributed by atoms with Crippen LogP contribution in [0.5, 0.6) is 0 Å². The van der Waals surface area contributed by atoms with Gasteiger partial charge in [0.2, 0.25) is 0 Å². The van der Waals surface area contributed by atoms with Crippen molar-refractivity contribution < 1.29 is 14.0 Å². The number of carbonyl (C=O) groups is 2. The number of aromatic nitrogens is 2. The van der Waals surface area contributed by atoms with E-state index < -0.39 is 11.8 Å². The predicted molar refractivity (Wildman–Crippen MR) is 162 cm³/mol. The molecule has 3 aromatic rings. The second kappa shape index (κ2) is 12.0. The molecule has 0 spiro atoms. The van der Waals surface area contributed by atoms with E-state index in [9.17, 15) is 23.6 Å². The van der Waals surface area contributed by atoms with Crippen molar-refractivity contribution in [2.45, 2.75) is 77.0 Å². The first-order valence-corrected chi connectivity index (χ1v) is 14.7. The number of benzene rings is 2. The molecule has 0 saturated heterocycles. The Hall–Kier alpha value is -4.15. The number of rotatable bonds is 8. The standard InChI is InChI=1S/C31H39FN6O4/c1-18(2)38-26-13-11-20(15-22(26)29(40)37(31(38)42)17-19-9-10-19)28(39)34-24-7-5-6-8-25(24)35-30(41)33-21-12-14-27(36(3)4)23(32)16-21/h11-16,18-19,24-25H,5-10,17H2,1-4H3,(H,34,39)(H2,33,35,41)/t24-,25-/m1/s1. The maximum Gasteiger partial charge on any atom is 0.331 e. The number of amides is 3. The molecule has 3 N–H and O–H groups in total. The van der Waals surface area contributed by atoms with Crippen LogP contribution >= 0.6 is 0 Å². The zero-order chi connectivity index (χ0) is 30.1. The number of anilines is 2.